The first-order valence-corrected chi connectivity index (χ1v) is 12.1. The minimum absolute atomic E-state index is 0.118. The van der Waals surface area contributed by atoms with Crippen molar-refractivity contribution >= 4 is 33.3 Å². The first-order valence-electron chi connectivity index (χ1n) is 9.83. The van der Waals surface area contributed by atoms with Crippen LogP contribution in [0.1, 0.15) is 38.5 Å². The molecule has 1 N–H and O–H groups in total. The van der Waals surface area contributed by atoms with E-state index in [1.165, 1.54) is 20.5 Å². The number of rotatable bonds is 4. The lowest BCUT2D eigenvalue weighted by molar-refractivity contribution is -0.133. The summed E-state index contributed by atoms with van der Waals surface area (Å²) < 4.78 is 27.1. The summed E-state index contributed by atoms with van der Waals surface area (Å²) >= 11 is 1.22. The van der Waals surface area contributed by atoms with Crippen molar-refractivity contribution < 1.29 is 18.0 Å². The van der Waals surface area contributed by atoms with Gasteiger partial charge in [-0.2, -0.15) is 4.31 Å². The van der Waals surface area contributed by atoms with Gasteiger partial charge in [0.1, 0.15) is 9.75 Å². The number of piperazine rings is 1. The molecule has 0 bridgehead atoms. The molecule has 3 heterocycles. The predicted molar refractivity (Wildman–Crippen MR) is 105 cm³/mol. The van der Waals surface area contributed by atoms with Gasteiger partial charge in [0.25, 0.3) is 15.9 Å². The zero-order valence-electron chi connectivity index (χ0n) is 15.8. The molecule has 28 heavy (non-hydrogen) atoms. The molecule has 4 rings (SSSR count). The summed E-state index contributed by atoms with van der Waals surface area (Å²) in [6, 6.07) is 3.03. The molecule has 1 saturated carbocycles. The zero-order valence-corrected chi connectivity index (χ0v) is 17.4. The number of sulfonamides is 1. The summed E-state index contributed by atoms with van der Waals surface area (Å²) in [4.78, 5) is 28.8. The highest BCUT2D eigenvalue weighted by molar-refractivity contribution is 7.91. The monoisotopic (exact) mass is 426 g/mol. The Labute approximate surface area is 169 Å². The summed E-state index contributed by atoms with van der Waals surface area (Å²) in [5.41, 5.74) is -0.724. The van der Waals surface area contributed by atoms with Gasteiger partial charge < -0.3 is 5.32 Å². The average Bonchev–Trinajstić information content (AvgIpc) is 3.22. The van der Waals surface area contributed by atoms with Gasteiger partial charge in [-0.05, 0) is 24.3 Å². The first-order chi connectivity index (χ1) is 13.4. The lowest BCUT2D eigenvalue weighted by atomic mass is 9.90. The van der Waals surface area contributed by atoms with Crippen LogP contribution in [0.2, 0.25) is 0 Å². The molecule has 1 aromatic heterocycles. The minimum Gasteiger partial charge on any atom is -0.323 e. The van der Waals surface area contributed by atoms with Crippen LogP contribution in [0.25, 0.3) is 0 Å². The highest BCUT2D eigenvalue weighted by atomic mass is 32.2. The molecule has 3 amide bonds. The SMILES string of the molecule is O=C1NC2(CCCCCC2)C(=O)N1CN1CCN(S(=O)(=O)c2cccs2)CC1. The van der Waals surface area contributed by atoms with Gasteiger partial charge in [0.15, 0.2) is 0 Å². The van der Waals surface area contributed by atoms with E-state index in [4.69, 9.17) is 0 Å². The van der Waals surface area contributed by atoms with Crippen LogP contribution in [0, 0.1) is 0 Å². The van der Waals surface area contributed by atoms with Crippen LogP contribution in [-0.2, 0) is 14.8 Å². The zero-order chi connectivity index (χ0) is 19.8. The molecule has 2 saturated heterocycles. The third kappa shape index (κ3) is 3.58. The number of nitrogens with one attached hydrogen (secondary N) is 1. The van der Waals surface area contributed by atoms with Crippen molar-refractivity contribution in [3.05, 3.63) is 17.5 Å². The van der Waals surface area contributed by atoms with Gasteiger partial charge in [0, 0.05) is 26.2 Å². The average molecular weight is 427 g/mol. The smallest absolute Gasteiger partial charge is 0.323 e. The second-order valence-electron chi connectivity index (χ2n) is 7.76. The number of hydrogen-bond donors (Lipinski definition) is 1. The molecule has 0 aromatic carbocycles. The Kier molecular flexibility index (Phi) is 5.47. The van der Waals surface area contributed by atoms with Gasteiger partial charge in [-0.25, -0.2) is 18.1 Å². The van der Waals surface area contributed by atoms with E-state index in [0.29, 0.717) is 43.2 Å². The summed E-state index contributed by atoms with van der Waals surface area (Å²) in [7, 11) is -3.45. The molecule has 3 fully saturated rings. The Morgan fingerprint density at radius 2 is 1.71 bits per heavy atom. The van der Waals surface area contributed by atoms with Crippen LogP contribution in [-0.4, -0.2) is 72.8 Å². The maximum absolute atomic E-state index is 13.0. The lowest BCUT2D eigenvalue weighted by Gasteiger charge is -2.35. The van der Waals surface area contributed by atoms with Crippen LogP contribution in [0.5, 0.6) is 0 Å². The van der Waals surface area contributed by atoms with Crippen LogP contribution in [0.15, 0.2) is 21.7 Å². The number of amides is 3. The van der Waals surface area contributed by atoms with E-state index in [1.807, 2.05) is 4.90 Å². The van der Waals surface area contributed by atoms with E-state index < -0.39 is 15.6 Å². The van der Waals surface area contributed by atoms with Gasteiger partial charge in [-0.1, -0.05) is 31.7 Å². The molecule has 0 atom stereocenters. The number of urea groups is 1. The fourth-order valence-electron chi connectivity index (χ4n) is 4.32. The number of nitrogens with zero attached hydrogens (tertiary/aromatic N) is 3. The molecule has 1 aromatic rings. The van der Waals surface area contributed by atoms with E-state index >= 15 is 0 Å². The van der Waals surface area contributed by atoms with E-state index in [2.05, 4.69) is 5.32 Å². The van der Waals surface area contributed by atoms with Crippen molar-refractivity contribution in [1.82, 2.24) is 19.4 Å². The first kappa shape index (κ1) is 19.8. The quantitative estimate of drug-likeness (QED) is 0.740. The second kappa shape index (κ2) is 7.74. The maximum atomic E-state index is 13.0. The molecule has 1 spiro atoms. The highest BCUT2D eigenvalue weighted by Gasteiger charge is 2.51. The number of carbonyl (C=O) groups is 2. The third-order valence-corrected chi connectivity index (χ3v) is 9.24. The van der Waals surface area contributed by atoms with Crippen molar-refractivity contribution in [3.8, 4) is 0 Å². The summed E-state index contributed by atoms with van der Waals surface area (Å²) in [6.45, 7) is 1.92. The second-order valence-corrected chi connectivity index (χ2v) is 10.9. The Hall–Kier alpha value is -1.49. The van der Waals surface area contributed by atoms with Crippen LogP contribution < -0.4 is 5.32 Å². The molecule has 8 nitrogen and oxygen atoms in total. The molecule has 1 aliphatic carbocycles. The fraction of sp³-hybridized carbons (Fsp3) is 0.667. The fourth-order valence-corrected chi connectivity index (χ4v) is 6.89. The van der Waals surface area contributed by atoms with Gasteiger partial charge in [-0.3, -0.25) is 9.69 Å². The molecular weight excluding hydrogens is 400 g/mol. The Balaban J connectivity index is 1.37. The number of imide groups is 1. The molecular formula is C18H26N4O4S2. The normalized spacial score (nSPS) is 24.5. The third-order valence-electron chi connectivity index (χ3n) is 5.96. The van der Waals surface area contributed by atoms with Gasteiger partial charge >= 0.3 is 6.03 Å². The minimum atomic E-state index is -3.45. The van der Waals surface area contributed by atoms with Crippen molar-refractivity contribution in [2.45, 2.75) is 48.3 Å². The van der Waals surface area contributed by atoms with Gasteiger partial charge in [0.05, 0.1) is 6.67 Å². The molecule has 10 heteroatoms. The van der Waals surface area contributed by atoms with Crippen molar-refractivity contribution in [1.29, 1.82) is 0 Å². The maximum Gasteiger partial charge on any atom is 0.326 e. The predicted octanol–water partition coefficient (Wildman–Crippen LogP) is 1.66. The van der Waals surface area contributed by atoms with Gasteiger partial charge in [0.2, 0.25) is 0 Å². The molecule has 0 unspecified atom stereocenters. The van der Waals surface area contributed by atoms with Crippen LogP contribution >= 0.6 is 11.3 Å². The molecule has 2 aliphatic heterocycles. The van der Waals surface area contributed by atoms with Crippen molar-refractivity contribution in [2.75, 3.05) is 32.8 Å². The van der Waals surface area contributed by atoms with Crippen molar-refractivity contribution in [3.63, 3.8) is 0 Å². The Morgan fingerprint density at radius 3 is 2.32 bits per heavy atom. The number of hydrogen-bond acceptors (Lipinski definition) is 6. The number of carbonyl (C=O) groups excluding carboxylic acids is 2. The van der Waals surface area contributed by atoms with Crippen LogP contribution in [0.3, 0.4) is 0 Å². The lowest BCUT2D eigenvalue weighted by Crippen LogP contribution is -2.53. The molecule has 0 radical (unpaired) electrons. The molecule has 154 valence electrons. The van der Waals surface area contributed by atoms with E-state index in [9.17, 15) is 18.0 Å². The van der Waals surface area contributed by atoms with Gasteiger partial charge in [-0.15, -0.1) is 11.3 Å². The molecule has 3 aliphatic rings. The summed E-state index contributed by atoms with van der Waals surface area (Å²) in [5.74, 6) is -0.118. The summed E-state index contributed by atoms with van der Waals surface area (Å²) in [5, 5.41) is 4.71. The van der Waals surface area contributed by atoms with E-state index in [-0.39, 0.29) is 18.6 Å². The van der Waals surface area contributed by atoms with E-state index in [1.54, 1.807) is 17.5 Å². The van der Waals surface area contributed by atoms with E-state index in [0.717, 1.165) is 25.7 Å². The summed E-state index contributed by atoms with van der Waals surface area (Å²) in [6.07, 6.45) is 5.54. The Morgan fingerprint density at radius 1 is 1.04 bits per heavy atom. The standard InChI is InChI=1S/C18H26N4O4S2/c23-16-18(7-3-1-2-4-8-18)19-17(24)22(16)14-20-9-11-21(12-10-20)28(25,26)15-6-5-13-27-15/h5-6,13H,1-4,7-12,14H2,(H,19,24). The highest BCUT2D eigenvalue weighted by Crippen LogP contribution is 2.33. The largest absolute Gasteiger partial charge is 0.326 e. The number of thiophene rings is 1. The van der Waals surface area contributed by atoms with Crippen molar-refractivity contribution in [2.24, 2.45) is 0 Å². The van der Waals surface area contributed by atoms with Crippen LogP contribution in [0.4, 0.5) is 4.79 Å². The Bertz CT molecular complexity index is 824. The topological polar surface area (TPSA) is 90.0 Å².